The van der Waals surface area contributed by atoms with Crippen LogP contribution in [0.15, 0.2) is 17.0 Å². The molecule has 1 aromatic carbocycles. The summed E-state index contributed by atoms with van der Waals surface area (Å²) in [6.07, 6.45) is 0. The molecule has 0 N–H and O–H groups in total. The van der Waals surface area contributed by atoms with Crippen molar-refractivity contribution in [3.05, 3.63) is 29.1 Å². The van der Waals surface area contributed by atoms with Crippen molar-refractivity contribution in [1.29, 1.82) is 0 Å². The summed E-state index contributed by atoms with van der Waals surface area (Å²) in [4.78, 5) is 10.2. The van der Waals surface area contributed by atoms with Gasteiger partial charge in [-0.25, -0.2) is 9.18 Å². The molecule has 0 bridgehead atoms. The average Bonchev–Trinajstić information content (AvgIpc) is 2.15. The molecule has 0 unspecified atom stereocenters. The van der Waals surface area contributed by atoms with E-state index in [1.165, 1.54) is 6.92 Å². The van der Waals surface area contributed by atoms with Crippen LogP contribution in [0.3, 0.4) is 0 Å². The Morgan fingerprint density at radius 1 is 1.41 bits per heavy atom. The van der Waals surface area contributed by atoms with Crippen LogP contribution in [0.2, 0.25) is 0 Å². The Bertz CT molecular complexity index is 552. The van der Waals surface area contributed by atoms with Gasteiger partial charge in [-0.1, -0.05) is 0 Å². The normalized spacial score (nSPS) is 11.3. The summed E-state index contributed by atoms with van der Waals surface area (Å²) in [5, 5.41) is 0. The minimum absolute atomic E-state index is 0.0767. The van der Waals surface area contributed by atoms with Crippen LogP contribution in [0.4, 0.5) is 8.28 Å². The Labute approximate surface area is 97.4 Å². The number of carbonyl (C=O) groups is 1. The summed E-state index contributed by atoms with van der Waals surface area (Å²) in [6.45, 7) is 3.03. The predicted molar refractivity (Wildman–Crippen MR) is 55.4 cm³/mol. The van der Waals surface area contributed by atoms with Gasteiger partial charge in [0.15, 0.2) is 0 Å². The molecule has 4 nitrogen and oxygen atoms in total. The van der Waals surface area contributed by atoms with E-state index in [4.69, 9.17) is 0 Å². The fourth-order valence-corrected chi connectivity index (χ4v) is 1.82. The van der Waals surface area contributed by atoms with E-state index in [0.717, 1.165) is 6.07 Å². The third-order valence-corrected chi connectivity index (χ3v) is 2.88. The van der Waals surface area contributed by atoms with E-state index in [0.29, 0.717) is 6.07 Å². The molecule has 0 saturated heterocycles. The highest BCUT2D eigenvalue weighted by atomic mass is 32.3. The molecule has 1 aromatic rings. The van der Waals surface area contributed by atoms with Crippen molar-refractivity contribution in [1.82, 2.24) is 0 Å². The molecule has 0 heterocycles. The van der Waals surface area contributed by atoms with Crippen LogP contribution in [-0.4, -0.2) is 21.0 Å². The molecule has 0 spiro atoms. The molecule has 0 aliphatic heterocycles. The van der Waals surface area contributed by atoms with E-state index in [-0.39, 0.29) is 17.7 Å². The highest BCUT2D eigenvalue weighted by Crippen LogP contribution is 2.22. The lowest BCUT2D eigenvalue weighted by atomic mass is 10.1. The second kappa shape index (κ2) is 4.79. The molecule has 0 fully saturated rings. The van der Waals surface area contributed by atoms with Gasteiger partial charge in [0.05, 0.1) is 12.2 Å². The van der Waals surface area contributed by atoms with E-state index in [1.54, 1.807) is 6.92 Å². The Balaban J connectivity index is 3.39. The Kier molecular flexibility index (Phi) is 3.82. The maximum absolute atomic E-state index is 13.2. The smallest absolute Gasteiger partial charge is 0.338 e. The molecule has 94 valence electrons. The van der Waals surface area contributed by atoms with Gasteiger partial charge in [0.2, 0.25) is 0 Å². The zero-order valence-electron chi connectivity index (χ0n) is 9.16. The summed E-state index contributed by atoms with van der Waals surface area (Å²) < 4.78 is 51.8. The number of halogens is 2. The average molecular weight is 264 g/mol. The number of benzene rings is 1. The van der Waals surface area contributed by atoms with E-state index in [1.807, 2.05) is 0 Å². The van der Waals surface area contributed by atoms with Gasteiger partial charge in [-0.15, -0.1) is 3.89 Å². The topological polar surface area (TPSA) is 60.4 Å². The molecule has 1 rings (SSSR count). The van der Waals surface area contributed by atoms with Crippen LogP contribution in [0.25, 0.3) is 0 Å². The van der Waals surface area contributed by atoms with Crippen LogP contribution in [0.5, 0.6) is 0 Å². The third-order valence-electron chi connectivity index (χ3n) is 2.04. The number of carbonyl (C=O) groups excluding carboxylic acids is 1. The van der Waals surface area contributed by atoms with Crippen molar-refractivity contribution in [2.75, 3.05) is 6.61 Å². The maximum atomic E-state index is 13.2. The first kappa shape index (κ1) is 13.6. The highest BCUT2D eigenvalue weighted by molar-refractivity contribution is 7.86. The van der Waals surface area contributed by atoms with Gasteiger partial charge in [-0.3, -0.25) is 0 Å². The maximum Gasteiger partial charge on any atom is 0.338 e. The van der Waals surface area contributed by atoms with Crippen LogP contribution >= 0.6 is 0 Å². The number of aryl methyl sites for hydroxylation is 1. The summed E-state index contributed by atoms with van der Waals surface area (Å²) in [5.41, 5.74) is -0.00201. The summed E-state index contributed by atoms with van der Waals surface area (Å²) >= 11 is 0. The Hall–Kier alpha value is -1.50. The molecule has 0 atom stereocenters. The molecule has 0 aliphatic carbocycles. The lowest BCUT2D eigenvalue weighted by molar-refractivity contribution is 0.0525. The summed E-state index contributed by atoms with van der Waals surface area (Å²) in [5.74, 6) is -2.06. The molecular weight excluding hydrogens is 254 g/mol. The van der Waals surface area contributed by atoms with E-state index in [9.17, 15) is 21.5 Å². The van der Waals surface area contributed by atoms with E-state index >= 15 is 0 Å². The first-order valence-electron chi connectivity index (χ1n) is 4.69. The van der Waals surface area contributed by atoms with Crippen molar-refractivity contribution >= 4 is 16.2 Å². The van der Waals surface area contributed by atoms with Gasteiger partial charge >= 0.3 is 16.2 Å². The van der Waals surface area contributed by atoms with Gasteiger partial charge in [-0.2, -0.15) is 8.42 Å². The van der Waals surface area contributed by atoms with Gasteiger partial charge in [0.1, 0.15) is 10.7 Å². The molecule has 0 radical (unpaired) electrons. The molecule has 0 aliphatic rings. The predicted octanol–water partition coefficient (Wildman–Crippen LogP) is 1.97. The van der Waals surface area contributed by atoms with Gasteiger partial charge in [0, 0.05) is 0 Å². The van der Waals surface area contributed by atoms with Crippen LogP contribution in [-0.2, 0) is 15.0 Å². The number of hydrogen-bond donors (Lipinski definition) is 0. The van der Waals surface area contributed by atoms with Gasteiger partial charge in [0.25, 0.3) is 0 Å². The molecule has 17 heavy (non-hydrogen) atoms. The lowest BCUT2D eigenvalue weighted by Gasteiger charge is -2.07. The zero-order valence-corrected chi connectivity index (χ0v) is 9.98. The molecule has 0 amide bonds. The highest BCUT2D eigenvalue weighted by Gasteiger charge is 2.22. The fourth-order valence-electron chi connectivity index (χ4n) is 1.27. The first-order chi connectivity index (χ1) is 7.77. The first-order valence-corrected chi connectivity index (χ1v) is 6.07. The SMILES string of the molecule is CCOC(=O)c1cc(S(=O)(=O)F)c(F)cc1C. The van der Waals surface area contributed by atoms with Crippen LogP contribution in [0, 0.1) is 12.7 Å². The lowest BCUT2D eigenvalue weighted by Crippen LogP contribution is -2.09. The molecule has 0 saturated carbocycles. The van der Waals surface area contributed by atoms with E-state index < -0.39 is 26.9 Å². The summed E-state index contributed by atoms with van der Waals surface area (Å²) in [7, 11) is -5.20. The monoisotopic (exact) mass is 264 g/mol. The van der Waals surface area contributed by atoms with Crippen molar-refractivity contribution in [3.8, 4) is 0 Å². The van der Waals surface area contributed by atoms with Crippen molar-refractivity contribution in [3.63, 3.8) is 0 Å². The Morgan fingerprint density at radius 2 is 2.00 bits per heavy atom. The molecule has 7 heteroatoms. The second-order valence-electron chi connectivity index (χ2n) is 3.26. The van der Waals surface area contributed by atoms with Crippen LogP contribution < -0.4 is 0 Å². The zero-order chi connectivity index (χ0) is 13.2. The quantitative estimate of drug-likeness (QED) is 0.618. The minimum atomic E-state index is -5.20. The molecule has 0 aromatic heterocycles. The second-order valence-corrected chi connectivity index (χ2v) is 4.57. The van der Waals surface area contributed by atoms with E-state index in [2.05, 4.69) is 4.74 Å². The third kappa shape index (κ3) is 3.00. The molecular formula is C10H10F2O4S. The van der Waals surface area contributed by atoms with Crippen molar-refractivity contribution in [2.45, 2.75) is 18.7 Å². The minimum Gasteiger partial charge on any atom is -0.462 e. The van der Waals surface area contributed by atoms with Gasteiger partial charge in [-0.05, 0) is 31.5 Å². The van der Waals surface area contributed by atoms with Gasteiger partial charge < -0.3 is 4.74 Å². The number of rotatable bonds is 3. The largest absolute Gasteiger partial charge is 0.462 e. The van der Waals surface area contributed by atoms with Crippen molar-refractivity contribution in [2.24, 2.45) is 0 Å². The van der Waals surface area contributed by atoms with Crippen molar-refractivity contribution < 1.29 is 26.2 Å². The number of hydrogen-bond acceptors (Lipinski definition) is 4. The number of ether oxygens (including phenoxy) is 1. The Morgan fingerprint density at radius 3 is 2.47 bits per heavy atom. The number of esters is 1. The van der Waals surface area contributed by atoms with Crippen LogP contribution in [0.1, 0.15) is 22.8 Å². The standard InChI is InChI=1S/C10H10F2O4S/c1-3-16-10(13)7-5-9(17(12,14)15)8(11)4-6(7)2/h4-5H,3H2,1-2H3. The fraction of sp³-hybridized carbons (Fsp3) is 0.300. The summed E-state index contributed by atoms with van der Waals surface area (Å²) in [6, 6.07) is 1.41.